The molecule has 1 N–H and O–H groups in total. The molecule has 3 aliphatic rings. The minimum atomic E-state index is -3.46. The molecule has 0 bridgehead atoms. The number of hydrogen-bond donors (Lipinski definition) is 1. The van der Waals surface area contributed by atoms with Crippen LogP contribution in [0.5, 0.6) is 0 Å². The lowest BCUT2D eigenvalue weighted by Gasteiger charge is -2.39. The Labute approximate surface area is 168 Å². The normalized spacial score (nSPS) is 29.3. The quantitative estimate of drug-likeness (QED) is 0.797. The van der Waals surface area contributed by atoms with E-state index in [1.807, 2.05) is 11.0 Å². The third-order valence-corrected chi connectivity index (χ3v) is 8.77. The number of carbonyl (C=O) groups is 1. The maximum atomic E-state index is 12.8. The molecule has 1 saturated carbocycles. The first-order valence-electron chi connectivity index (χ1n) is 10.7. The first-order chi connectivity index (χ1) is 13.5. The van der Waals surface area contributed by atoms with E-state index in [4.69, 9.17) is 0 Å². The second-order valence-electron chi connectivity index (χ2n) is 8.57. The highest BCUT2D eigenvalue weighted by Crippen LogP contribution is 2.32. The van der Waals surface area contributed by atoms with E-state index in [0.29, 0.717) is 37.6 Å². The molecule has 28 heavy (non-hydrogen) atoms. The van der Waals surface area contributed by atoms with Crippen molar-refractivity contribution in [3.05, 3.63) is 30.3 Å². The van der Waals surface area contributed by atoms with E-state index in [9.17, 15) is 13.2 Å². The summed E-state index contributed by atoms with van der Waals surface area (Å²) < 4.78 is 27.0. The molecular weight excluding hydrogens is 374 g/mol. The van der Waals surface area contributed by atoms with Crippen LogP contribution in [0.25, 0.3) is 0 Å². The molecule has 3 atom stereocenters. The van der Waals surface area contributed by atoms with Gasteiger partial charge in [-0.2, -0.15) is 4.31 Å². The Balaban J connectivity index is 1.28. The monoisotopic (exact) mass is 406 g/mol. The van der Waals surface area contributed by atoms with Crippen LogP contribution in [0.4, 0.5) is 0 Å². The second-order valence-corrected chi connectivity index (χ2v) is 10.5. The van der Waals surface area contributed by atoms with Crippen LogP contribution in [0.1, 0.15) is 32.1 Å². The molecule has 1 unspecified atom stereocenters. The number of benzene rings is 1. The summed E-state index contributed by atoms with van der Waals surface area (Å²) in [6, 6.07) is 8.56. The van der Waals surface area contributed by atoms with Crippen molar-refractivity contribution in [2.45, 2.75) is 37.0 Å². The van der Waals surface area contributed by atoms with Gasteiger partial charge < -0.3 is 9.80 Å². The van der Waals surface area contributed by atoms with E-state index < -0.39 is 10.0 Å². The first-order valence-corrected chi connectivity index (χ1v) is 12.1. The van der Waals surface area contributed by atoms with Crippen LogP contribution in [0, 0.1) is 11.8 Å². The summed E-state index contributed by atoms with van der Waals surface area (Å²) in [7, 11) is -3.46. The predicted molar refractivity (Wildman–Crippen MR) is 107 cm³/mol. The van der Waals surface area contributed by atoms with Crippen LogP contribution in [0.15, 0.2) is 35.2 Å². The van der Waals surface area contributed by atoms with Gasteiger partial charge in [-0.25, -0.2) is 8.42 Å². The Morgan fingerprint density at radius 2 is 1.64 bits per heavy atom. The summed E-state index contributed by atoms with van der Waals surface area (Å²) in [5.41, 5.74) is 0. The zero-order valence-corrected chi connectivity index (χ0v) is 17.4. The molecule has 0 aromatic heterocycles. The summed E-state index contributed by atoms with van der Waals surface area (Å²) >= 11 is 0. The van der Waals surface area contributed by atoms with Gasteiger partial charge in [0.2, 0.25) is 10.0 Å². The van der Waals surface area contributed by atoms with Crippen LogP contribution in [0.3, 0.4) is 0 Å². The molecule has 1 aromatic rings. The van der Waals surface area contributed by atoms with Gasteiger partial charge in [0.05, 0.1) is 18.0 Å². The topological polar surface area (TPSA) is 62.1 Å². The van der Waals surface area contributed by atoms with Gasteiger partial charge in [0.1, 0.15) is 0 Å². The van der Waals surface area contributed by atoms with Gasteiger partial charge in [0.25, 0.3) is 5.91 Å². The molecule has 154 valence electrons. The first kappa shape index (κ1) is 19.9. The number of hydrogen-bond acceptors (Lipinski definition) is 3. The highest BCUT2D eigenvalue weighted by Gasteiger charge is 2.36. The standard InChI is InChI=1S/C21H31N3O3S/c25-21(17-22-11-10-18-6-4-5-7-19(18)16-22)23-12-14-24(15-13-23)28(26,27)20-8-2-1-3-9-20/h1-3,8-9,18-19H,4-7,10-17H2/p+1/t18-,19+/m0/s1. The fraction of sp³-hybridized carbons (Fsp3) is 0.667. The highest BCUT2D eigenvalue weighted by atomic mass is 32.2. The number of sulfonamides is 1. The molecule has 0 radical (unpaired) electrons. The van der Waals surface area contributed by atoms with Crippen LogP contribution in [-0.4, -0.2) is 69.3 Å². The Hall–Kier alpha value is -1.44. The molecule has 1 aromatic carbocycles. The number of amides is 1. The van der Waals surface area contributed by atoms with Gasteiger partial charge >= 0.3 is 0 Å². The molecule has 3 fully saturated rings. The number of quaternary nitrogens is 1. The van der Waals surface area contributed by atoms with Crippen molar-refractivity contribution in [2.24, 2.45) is 11.8 Å². The highest BCUT2D eigenvalue weighted by molar-refractivity contribution is 7.89. The van der Waals surface area contributed by atoms with E-state index in [1.54, 1.807) is 24.3 Å². The summed E-state index contributed by atoms with van der Waals surface area (Å²) in [4.78, 5) is 16.4. The van der Waals surface area contributed by atoms with Gasteiger partial charge in [-0.1, -0.05) is 31.0 Å². The third kappa shape index (κ3) is 4.26. The van der Waals surface area contributed by atoms with Gasteiger partial charge in [0.15, 0.2) is 6.54 Å². The minimum Gasteiger partial charge on any atom is -0.335 e. The Morgan fingerprint density at radius 1 is 0.964 bits per heavy atom. The maximum Gasteiger partial charge on any atom is 0.277 e. The number of piperidine rings is 1. The molecular formula is C21H32N3O3S+. The summed E-state index contributed by atoms with van der Waals surface area (Å²) in [5.74, 6) is 1.87. The number of carbonyl (C=O) groups excluding carboxylic acids is 1. The second kappa shape index (κ2) is 8.51. The van der Waals surface area contributed by atoms with Crippen LogP contribution in [0.2, 0.25) is 0 Å². The average molecular weight is 407 g/mol. The van der Waals surface area contributed by atoms with Crippen molar-refractivity contribution in [2.75, 3.05) is 45.8 Å². The number of likely N-dealkylation sites (tertiary alicyclic amines) is 1. The number of fused-ring (bicyclic) bond motifs is 1. The Morgan fingerprint density at radius 3 is 2.36 bits per heavy atom. The molecule has 2 aliphatic heterocycles. The molecule has 2 saturated heterocycles. The maximum absolute atomic E-state index is 12.8. The van der Waals surface area contributed by atoms with E-state index in [-0.39, 0.29) is 5.91 Å². The van der Waals surface area contributed by atoms with Gasteiger partial charge in [-0.3, -0.25) is 4.79 Å². The lowest BCUT2D eigenvalue weighted by molar-refractivity contribution is -0.903. The summed E-state index contributed by atoms with van der Waals surface area (Å²) in [6.45, 7) is 4.54. The smallest absolute Gasteiger partial charge is 0.277 e. The van der Waals surface area contributed by atoms with Crippen LogP contribution >= 0.6 is 0 Å². The molecule has 6 nitrogen and oxygen atoms in total. The zero-order valence-electron chi connectivity index (χ0n) is 16.6. The predicted octanol–water partition coefficient (Wildman–Crippen LogP) is 0.615. The molecule has 7 heteroatoms. The number of nitrogens with zero attached hydrogens (tertiary/aromatic N) is 2. The van der Waals surface area contributed by atoms with Gasteiger partial charge in [-0.15, -0.1) is 0 Å². The number of rotatable bonds is 4. The minimum absolute atomic E-state index is 0.181. The lowest BCUT2D eigenvalue weighted by atomic mass is 9.75. The molecule has 1 aliphatic carbocycles. The Kier molecular flexibility index (Phi) is 6.04. The lowest BCUT2D eigenvalue weighted by Crippen LogP contribution is -3.15. The summed E-state index contributed by atoms with van der Waals surface area (Å²) in [6.07, 6.45) is 6.70. The van der Waals surface area contributed by atoms with E-state index in [2.05, 4.69) is 0 Å². The van der Waals surface area contributed by atoms with Gasteiger partial charge in [0, 0.05) is 32.1 Å². The van der Waals surface area contributed by atoms with Crippen molar-refractivity contribution in [3.8, 4) is 0 Å². The van der Waals surface area contributed by atoms with E-state index >= 15 is 0 Å². The fourth-order valence-corrected chi connectivity index (χ4v) is 6.64. The molecule has 1 amide bonds. The summed E-state index contributed by atoms with van der Waals surface area (Å²) in [5, 5.41) is 0. The van der Waals surface area contributed by atoms with Crippen molar-refractivity contribution in [1.29, 1.82) is 0 Å². The zero-order chi connectivity index (χ0) is 19.6. The van der Waals surface area contributed by atoms with Crippen molar-refractivity contribution in [1.82, 2.24) is 9.21 Å². The average Bonchev–Trinajstić information content (AvgIpc) is 2.74. The Bertz CT molecular complexity index is 775. The molecule has 4 rings (SSSR count). The van der Waals surface area contributed by atoms with Crippen molar-refractivity contribution >= 4 is 15.9 Å². The number of nitrogens with one attached hydrogen (secondary N) is 1. The largest absolute Gasteiger partial charge is 0.335 e. The SMILES string of the molecule is O=C(C[NH+]1CC[C@@H]2CCCC[C@@H]2C1)N1CCN(S(=O)(=O)c2ccccc2)CC1. The number of piperazine rings is 1. The molecule has 0 spiro atoms. The third-order valence-electron chi connectivity index (χ3n) is 6.86. The van der Waals surface area contributed by atoms with E-state index in [1.165, 1.54) is 41.3 Å². The van der Waals surface area contributed by atoms with Crippen molar-refractivity contribution < 1.29 is 18.1 Å². The molecule has 2 heterocycles. The van der Waals surface area contributed by atoms with Crippen LogP contribution < -0.4 is 4.90 Å². The van der Waals surface area contributed by atoms with Crippen LogP contribution in [-0.2, 0) is 14.8 Å². The van der Waals surface area contributed by atoms with Gasteiger partial charge in [-0.05, 0) is 37.3 Å². The fourth-order valence-electron chi connectivity index (χ4n) is 5.20. The van der Waals surface area contributed by atoms with Crippen molar-refractivity contribution in [3.63, 3.8) is 0 Å². The van der Waals surface area contributed by atoms with E-state index in [0.717, 1.165) is 24.9 Å².